The number of nitriles is 1. The Hall–Kier alpha value is -4.37. The minimum atomic E-state index is -4.34. The first kappa shape index (κ1) is 23.8. The van der Waals surface area contributed by atoms with E-state index in [9.17, 15) is 17.6 Å². The Morgan fingerprint density at radius 3 is 2.49 bits per heavy atom. The Labute approximate surface area is 198 Å². The van der Waals surface area contributed by atoms with Gasteiger partial charge in [0.2, 0.25) is 0 Å². The summed E-state index contributed by atoms with van der Waals surface area (Å²) in [5.74, 6) is -2.84. The van der Waals surface area contributed by atoms with Gasteiger partial charge in [-0.25, -0.2) is 27.2 Å². The second-order valence-electron chi connectivity index (χ2n) is 7.83. The SMILES string of the molecule is CC(C)Nc1ncnc2[nH]cc(C(=O)c3cc(F)cc(NS(=O)(=O)c4ccc(C#N)cc4)c3F)c12. The van der Waals surface area contributed by atoms with Crippen molar-refractivity contribution in [3.8, 4) is 6.07 Å². The monoisotopic (exact) mass is 496 g/mol. The molecule has 0 aliphatic carbocycles. The summed E-state index contributed by atoms with van der Waals surface area (Å²) in [5, 5.41) is 12.2. The molecule has 0 aliphatic rings. The molecular formula is C23H18F2N6O3S. The van der Waals surface area contributed by atoms with Crippen LogP contribution in [0.4, 0.5) is 20.3 Å². The first-order valence-electron chi connectivity index (χ1n) is 10.3. The first-order chi connectivity index (χ1) is 16.6. The van der Waals surface area contributed by atoms with Gasteiger partial charge in [-0.3, -0.25) is 9.52 Å². The summed E-state index contributed by atoms with van der Waals surface area (Å²) in [6.45, 7) is 3.72. The number of ketones is 1. The Morgan fingerprint density at radius 1 is 1.11 bits per heavy atom. The molecule has 2 aromatic carbocycles. The van der Waals surface area contributed by atoms with Crippen LogP contribution >= 0.6 is 0 Å². The third-order valence-electron chi connectivity index (χ3n) is 4.96. The van der Waals surface area contributed by atoms with E-state index in [1.54, 1.807) is 0 Å². The van der Waals surface area contributed by atoms with E-state index in [1.165, 1.54) is 24.7 Å². The van der Waals surface area contributed by atoms with Crippen LogP contribution in [0.2, 0.25) is 0 Å². The quantitative estimate of drug-likeness (QED) is 0.329. The van der Waals surface area contributed by atoms with Crippen LogP contribution in [0, 0.1) is 23.0 Å². The molecule has 4 aromatic rings. The molecule has 0 bridgehead atoms. The molecule has 0 radical (unpaired) electrons. The van der Waals surface area contributed by atoms with Crippen LogP contribution in [0.5, 0.6) is 0 Å². The number of anilines is 2. The highest BCUT2D eigenvalue weighted by atomic mass is 32.2. The molecule has 0 amide bonds. The highest BCUT2D eigenvalue weighted by Crippen LogP contribution is 2.30. The average Bonchev–Trinajstić information content (AvgIpc) is 3.25. The van der Waals surface area contributed by atoms with Gasteiger partial charge in [-0.05, 0) is 44.2 Å². The van der Waals surface area contributed by atoms with E-state index in [4.69, 9.17) is 5.26 Å². The maximum absolute atomic E-state index is 15.4. The van der Waals surface area contributed by atoms with Gasteiger partial charge >= 0.3 is 0 Å². The average molecular weight is 496 g/mol. The lowest BCUT2D eigenvalue weighted by atomic mass is 10.0. The fraction of sp³-hybridized carbons (Fsp3) is 0.130. The Balaban J connectivity index is 1.76. The van der Waals surface area contributed by atoms with E-state index in [-0.39, 0.29) is 27.5 Å². The maximum Gasteiger partial charge on any atom is 0.261 e. The van der Waals surface area contributed by atoms with Gasteiger partial charge in [-0.1, -0.05) is 0 Å². The number of H-pyrrole nitrogens is 1. The Bertz CT molecular complexity index is 1590. The molecule has 9 nitrogen and oxygen atoms in total. The number of hydrogen-bond donors (Lipinski definition) is 3. The summed E-state index contributed by atoms with van der Waals surface area (Å²) >= 11 is 0. The lowest BCUT2D eigenvalue weighted by Crippen LogP contribution is -2.16. The summed E-state index contributed by atoms with van der Waals surface area (Å²) in [6.07, 6.45) is 2.59. The van der Waals surface area contributed by atoms with E-state index in [1.807, 2.05) is 24.6 Å². The molecule has 0 aliphatic heterocycles. The summed E-state index contributed by atoms with van der Waals surface area (Å²) in [4.78, 5) is 24.0. The standard InChI is InChI=1S/C23H18F2N6O3S/c1-12(2)30-23-19-17(10-27-22(19)28-11-29-23)21(32)16-7-14(24)8-18(20(16)25)31-35(33,34)15-5-3-13(9-26)4-6-15/h3-8,10-12,31H,1-2H3,(H2,27,28,29,30). The number of sulfonamides is 1. The van der Waals surface area contributed by atoms with Crippen molar-refractivity contribution in [2.75, 3.05) is 10.0 Å². The zero-order valence-corrected chi connectivity index (χ0v) is 19.2. The summed E-state index contributed by atoms with van der Waals surface area (Å²) < 4.78 is 57.1. The molecule has 0 spiro atoms. The minimum Gasteiger partial charge on any atom is -0.367 e. The predicted octanol–water partition coefficient (Wildman–Crippen LogP) is 3.96. The van der Waals surface area contributed by atoms with Crippen molar-refractivity contribution in [3.05, 3.63) is 77.2 Å². The smallest absolute Gasteiger partial charge is 0.261 e. The summed E-state index contributed by atoms with van der Waals surface area (Å²) in [7, 11) is -4.34. The van der Waals surface area contributed by atoms with E-state index < -0.39 is 38.7 Å². The van der Waals surface area contributed by atoms with E-state index >= 15 is 4.39 Å². The topological polar surface area (TPSA) is 141 Å². The van der Waals surface area contributed by atoms with Gasteiger partial charge in [0, 0.05) is 18.3 Å². The van der Waals surface area contributed by atoms with Crippen LogP contribution < -0.4 is 10.0 Å². The number of aromatic amines is 1. The van der Waals surface area contributed by atoms with Crippen LogP contribution in [0.1, 0.15) is 35.3 Å². The molecule has 3 N–H and O–H groups in total. The maximum atomic E-state index is 15.4. The number of halogens is 2. The molecule has 0 saturated heterocycles. The van der Waals surface area contributed by atoms with Crippen LogP contribution in [0.25, 0.3) is 11.0 Å². The number of benzene rings is 2. The van der Waals surface area contributed by atoms with Crippen molar-refractivity contribution in [1.29, 1.82) is 5.26 Å². The highest BCUT2D eigenvalue weighted by molar-refractivity contribution is 7.92. The number of aromatic nitrogens is 3. The number of hydrogen-bond acceptors (Lipinski definition) is 7. The van der Waals surface area contributed by atoms with Crippen molar-refractivity contribution in [2.45, 2.75) is 24.8 Å². The number of fused-ring (bicyclic) bond motifs is 1. The molecule has 2 aromatic heterocycles. The van der Waals surface area contributed by atoms with Gasteiger partial charge in [-0.15, -0.1) is 0 Å². The predicted molar refractivity (Wildman–Crippen MR) is 124 cm³/mol. The van der Waals surface area contributed by atoms with Crippen LogP contribution in [-0.4, -0.2) is 35.2 Å². The zero-order chi connectivity index (χ0) is 25.3. The van der Waals surface area contributed by atoms with E-state index in [0.29, 0.717) is 23.6 Å². The number of carbonyl (C=O) groups excluding carboxylic acids is 1. The number of nitrogens with zero attached hydrogens (tertiary/aromatic N) is 3. The molecule has 35 heavy (non-hydrogen) atoms. The fourth-order valence-electron chi connectivity index (χ4n) is 3.41. The third-order valence-corrected chi connectivity index (χ3v) is 6.34. The van der Waals surface area contributed by atoms with Crippen molar-refractivity contribution in [2.24, 2.45) is 0 Å². The van der Waals surface area contributed by atoms with E-state index in [0.717, 1.165) is 12.1 Å². The number of carbonyl (C=O) groups is 1. The van der Waals surface area contributed by atoms with Crippen LogP contribution in [-0.2, 0) is 10.0 Å². The normalized spacial score (nSPS) is 11.4. The van der Waals surface area contributed by atoms with Gasteiger partial charge in [0.1, 0.15) is 23.6 Å². The molecule has 12 heteroatoms. The molecule has 178 valence electrons. The second kappa shape index (κ2) is 9.11. The second-order valence-corrected chi connectivity index (χ2v) is 9.52. The number of nitrogens with one attached hydrogen (secondary N) is 3. The minimum absolute atomic E-state index is 0.0193. The molecule has 0 atom stereocenters. The van der Waals surface area contributed by atoms with Gasteiger partial charge in [0.05, 0.1) is 38.7 Å². The Morgan fingerprint density at radius 2 is 1.83 bits per heavy atom. The van der Waals surface area contributed by atoms with Crippen molar-refractivity contribution in [1.82, 2.24) is 15.0 Å². The lowest BCUT2D eigenvalue weighted by Gasteiger charge is -2.13. The van der Waals surface area contributed by atoms with Gasteiger partial charge < -0.3 is 10.3 Å². The van der Waals surface area contributed by atoms with Crippen molar-refractivity contribution < 1.29 is 22.0 Å². The zero-order valence-electron chi connectivity index (χ0n) is 18.4. The molecule has 0 unspecified atom stereocenters. The molecule has 2 heterocycles. The Kier molecular flexibility index (Phi) is 6.19. The molecule has 0 saturated carbocycles. The van der Waals surface area contributed by atoms with Crippen LogP contribution in [0.15, 0.2) is 53.8 Å². The number of rotatable bonds is 7. The largest absolute Gasteiger partial charge is 0.367 e. The molecular weight excluding hydrogens is 478 g/mol. The van der Waals surface area contributed by atoms with Gasteiger partial charge in [-0.2, -0.15) is 5.26 Å². The van der Waals surface area contributed by atoms with Gasteiger partial charge in [0.15, 0.2) is 11.6 Å². The summed E-state index contributed by atoms with van der Waals surface area (Å²) in [6, 6.07) is 7.98. The highest BCUT2D eigenvalue weighted by Gasteiger charge is 2.25. The molecule has 0 fully saturated rings. The first-order valence-corrected chi connectivity index (χ1v) is 11.7. The van der Waals surface area contributed by atoms with E-state index in [2.05, 4.69) is 20.3 Å². The molecule has 4 rings (SSSR count). The van der Waals surface area contributed by atoms with Crippen LogP contribution in [0.3, 0.4) is 0 Å². The van der Waals surface area contributed by atoms with Crippen molar-refractivity contribution >= 4 is 38.3 Å². The third kappa shape index (κ3) is 4.67. The van der Waals surface area contributed by atoms with Crippen molar-refractivity contribution in [3.63, 3.8) is 0 Å². The fourth-order valence-corrected chi connectivity index (χ4v) is 4.46. The lowest BCUT2D eigenvalue weighted by molar-refractivity contribution is 0.103. The summed E-state index contributed by atoms with van der Waals surface area (Å²) in [5.41, 5.74) is -0.904. The van der Waals surface area contributed by atoms with Gasteiger partial charge in [0.25, 0.3) is 10.0 Å².